The van der Waals surface area contributed by atoms with Gasteiger partial charge in [-0.1, -0.05) is 25.1 Å². The first-order chi connectivity index (χ1) is 8.81. The van der Waals surface area contributed by atoms with E-state index in [1.54, 1.807) is 4.68 Å². The fourth-order valence-corrected chi connectivity index (χ4v) is 2.77. The maximum atomic E-state index is 11.2. The van der Waals surface area contributed by atoms with E-state index in [0.29, 0.717) is 5.03 Å². The predicted octanol–water partition coefficient (Wildman–Crippen LogP) is 1.06. The molecule has 0 saturated heterocycles. The number of aromatic nitrogens is 2. The Labute approximate surface area is 117 Å². The van der Waals surface area contributed by atoms with Crippen LogP contribution in [0.4, 0.5) is 0 Å². The highest BCUT2D eigenvalue weighted by atomic mass is 32.2. The molecule has 0 fully saturated rings. The number of aryl methyl sites for hydroxylation is 2. The van der Waals surface area contributed by atoms with E-state index in [2.05, 4.69) is 5.10 Å². The fraction of sp³-hybridized carbons (Fsp3) is 0.636. The summed E-state index contributed by atoms with van der Waals surface area (Å²) in [5.74, 6) is -0.963. The van der Waals surface area contributed by atoms with E-state index >= 15 is 0 Å². The molecule has 8 heteroatoms. The molecule has 0 aromatic carbocycles. The van der Waals surface area contributed by atoms with Crippen molar-refractivity contribution in [2.75, 3.05) is 17.8 Å². The van der Waals surface area contributed by atoms with Crippen molar-refractivity contribution in [2.24, 2.45) is 0 Å². The van der Waals surface area contributed by atoms with Gasteiger partial charge in [-0.15, -0.1) is 0 Å². The topological polar surface area (TPSA) is 89.3 Å². The van der Waals surface area contributed by atoms with Crippen LogP contribution in [0.3, 0.4) is 0 Å². The molecule has 1 N–H and O–H groups in total. The van der Waals surface area contributed by atoms with Crippen LogP contribution in [-0.4, -0.2) is 47.0 Å². The number of carboxylic acids is 1. The van der Waals surface area contributed by atoms with Gasteiger partial charge in [0, 0.05) is 6.26 Å². The lowest BCUT2D eigenvalue weighted by atomic mass is 10.3. The average molecular weight is 306 g/mol. The molecule has 0 bridgehead atoms. The van der Waals surface area contributed by atoms with Gasteiger partial charge in [-0.25, -0.2) is 8.42 Å². The summed E-state index contributed by atoms with van der Waals surface area (Å²) in [6, 6.07) is 1.83. The van der Waals surface area contributed by atoms with E-state index in [4.69, 9.17) is 5.11 Å². The molecule has 0 saturated carbocycles. The molecular weight excluding hydrogens is 288 g/mol. The second-order valence-electron chi connectivity index (χ2n) is 4.26. The van der Waals surface area contributed by atoms with Crippen molar-refractivity contribution in [3.8, 4) is 0 Å². The predicted molar refractivity (Wildman–Crippen MR) is 74.3 cm³/mol. The Bertz CT molecular complexity index is 537. The molecule has 1 aromatic heterocycles. The van der Waals surface area contributed by atoms with Gasteiger partial charge in [-0.3, -0.25) is 9.48 Å². The minimum atomic E-state index is -3.06. The van der Waals surface area contributed by atoms with Crippen LogP contribution >= 0.6 is 11.8 Å². The van der Waals surface area contributed by atoms with Gasteiger partial charge in [0.05, 0.1) is 28.8 Å². The normalized spacial score (nSPS) is 11.7. The number of sulfone groups is 1. The van der Waals surface area contributed by atoms with Gasteiger partial charge in [-0.05, 0) is 12.5 Å². The summed E-state index contributed by atoms with van der Waals surface area (Å²) in [7, 11) is -3.06. The van der Waals surface area contributed by atoms with Crippen LogP contribution in [0, 0.1) is 0 Å². The largest absolute Gasteiger partial charge is 0.481 e. The molecule has 6 nitrogen and oxygen atoms in total. The van der Waals surface area contributed by atoms with Crippen LogP contribution in [0.1, 0.15) is 19.0 Å². The van der Waals surface area contributed by atoms with Crippen molar-refractivity contribution >= 4 is 27.6 Å². The van der Waals surface area contributed by atoms with E-state index in [1.165, 1.54) is 6.26 Å². The zero-order valence-corrected chi connectivity index (χ0v) is 12.6. The lowest BCUT2D eigenvalue weighted by Gasteiger charge is -2.05. The number of carboxylic acid groups (broad SMARTS) is 1. The third-order valence-electron chi connectivity index (χ3n) is 2.32. The van der Waals surface area contributed by atoms with Gasteiger partial charge in [0.25, 0.3) is 0 Å². The molecule has 0 amide bonds. The second-order valence-corrected chi connectivity index (χ2v) is 7.51. The quantitative estimate of drug-likeness (QED) is 0.722. The summed E-state index contributed by atoms with van der Waals surface area (Å²) in [5.41, 5.74) is 0.865. The molecule has 0 aliphatic carbocycles. The van der Waals surface area contributed by atoms with Crippen LogP contribution in [0.2, 0.25) is 0 Å². The van der Waals surface area contributed by atoms with E-state index in [-0.39, 0.29) is 18.1 Å². The van der Waals surface area contributed by atoms with Crippen molar-refractivity contribution in [3.63, 3.8) is 0 Å². The summed E-state index contributed by atoms with van der Waals surface area (Å²) in [4.78, 5) is 10.6. The molecular formula is C11H18N2O4S2. The highest BCUT2D eigenvalue weighted by molar-refractivity contribution is 7.99. The van der Waals surface area contributed by atoms with E-state index < -0.39 is 15.8 Å². The Morgan fingerprint density at radius 1 is 1.53 bits per heavy atom. The molecule has 0 radical (unpaired) electrons. The number of rotatable bonds is 8. The maximum absolute atomic E-state index is 11.2. The molecule has 1 aromatic rings. The van der Waals surface area contributed by atoms with E-state index in [9.17, 15) is 13.2 Å². The first-order valence-electron chi connectivity index (χ1n) is 5.91. The van der Waals surface area contributed by atoms with Gasteiger partial charge in [0.2, 0.25) is 0 Å². The van der Waals surface area contributed by atoms with Crippen LogP contribution in [0.5, 0.6) is 0 Å². The molecule has 108 valence electrons. The van der Waals surface area contributed by atoms with E-state index in [0.717, 1.165) is 30.3 Å². The number of aliphatic carboxylic acids is 1. The van der Waals surface area contributed by atoms with Gasteiger partial charge in [-0.2, -0.15) is 5.10 Å². The number of carbonyl (C=O) groups is 1. The van der Waals surface area contributed by atoms with Gasteiger partial charge in [0.15, 0.2) is 0 Å². The smallest absolute Gasteiger partial charge is 0.313 e. The lowest BCUT2D eigenvalue weighted by molar-refractivity contribution is -0.133. The Hall–Kier alpha value is -1.02. The van der Waals surface area contributed by atoms with Crippen molar-refractivity contribution in [1.82, 2.24) is 9.78 Å². The van der Waals surface area contributed by atoms with Crippen molar-refractivity contribution in [2.45, 2.75) is 31.3 Å². The van der Waals surface area contributed by atoms with Gasteiger partial charge >= 0.3 is 5.97 Å². The van der Waals surface area contributed by atoms with Crippen LogP contribution < -0.4 is 0 Å². The Kier molecular flexibility index (Phi) is 5.86. The van der Waals surface area contributed by atoms with Gasteiger partial charge < -0.3 is 5.11 Å². The Balaban J connectivity index is 2.82. The van der Waals surface area contributed by atoms with Crippen molar-refractivity contribution in [1.29, 1.82) is 0 Å². The monoisotopic (exact) mass is 306 g/mol. The van der Waals surface area contributed by atoms with Crippen LogP contribution in [-0.2, 0) is 27.6 Å². The third kappa shape index (κ3) is 6.11. The minimum Gasteiger partial charge on any atom is -0.481 e. The lowest BCUT2D eigenvalue weighted by Crippen LogP contribution is -2.13. The summed E-state index contributed by atoms with van der Waals surface area (Å²) < 4.78 is 23.9. The zero-order valence-electron chi connectivity index (χ0n) is 11.0. The molecule has 19 heavy (non-hydrogen) atoms. The third-order valence-corrected chi connectivity index (χ3v) is 4.26. The number of hydrogen-bond donors (Lipinski definition) is 1. The molecule has 1 rings (SSSR count). The molecule has 0 spiro atoms. The molecule has 0 aliphatic rings. The fourth-order valence-electron chi connectivity index (χ4n) is 1.49. The Morgan fingerprint density at radius 3 is 2.74 bits per heavy atom. The summed E-state index contributed by atoms with van der Waals surface area (Å²) in [5, 5.41) is 13.7. The molecule has 0 aliphatic heterocycles. The molecule has 0 unspecified atom stereocenters. The average Bonchev–Trinajstić information content (AvgIpc) is 2.66. The molecule has 1 heterocycles. The number of hydrogen-bond acceptors (Lipinski definition) is 5. The zero-order chi connectivity index (χ0) is 14.5. The standard InChI is InChI=1S/C11H18N2O4S2/c1-3-4-9-7-10(18-8-11(14)15)13(12-9)5-6-19(2,16)17/h7H,3-6,8H2,1-2H3,(H,14,15). The maximum Gasteiger partial charge on any atom is 0.313 e. The first-order valence-corrected chi connectivity index (χ1v) is 8.95. The minimum absolute atomic E-state index is 0.000869. The van der Waals surface area contributed by atoms with E-state index in [1.807, 2.05) is 13.0 Å². The SMILES string of the molecule is CCCc1cc(SCC(=O)O)n(CCS(C)(=O)=O)n1. The highest BCUT2D eigenvalue weighted by Crippen LogP contribution is 2.20. The van der Waals surface area contributed by atoms with Gasteiger partial charge in [0.1, 0.15) is 9.84 Å². The summed E-state index contributed by atoms with van der Waals surface area (Å²) in [6.07, 6.45) is 2.91. The number of nitrogens with zero attached hydrogens (tertiary/aromatic N) is 2. The highest BCUT2D eigenvalue weighted by Gasteiger charge is 2.12. The van der Waals surface area contributed by atoms with Crippen LogP contribution in [0.15, 0.2) is 11.1 Å². The summed E-state index contributed by atoms with van der Waals surface area (Å²) >= 11 is 1.16. The van der Waals surface area contributed by atoms with Crippen molar-refractivity contribution in [3.05, 3.63) is 11.8 Å². The Morgan fingerprint density at radius 2 is 2.21 bits per heavy atom. The number of thioether (sulfide) groups is 1. The van der Waals surface area contributed by atoms with Crippen molar-refractivity contribution < 1.29 is 18.3 Å². The first kappa shape index (κ1) is 16.0. The summed E-state index contributed by atoms with van der Waals surface area (Å²) in [6.45, 7) is 2.28. The second kappa shape index (κ2) is 6.95. The molecule has 0 atom stereocenters. The van der Waals surface area contributed by atoms with Crippen LogP contribution in [0.25, 0.3) is 0 Å².